The number of benzene rings is 1. The van der Waals surface area contributed by atoms with E-state index in [1.165, 1.54) is 23.5 Å². The summed E-state index contributed by atoms with van der Waals surface area (Å²) in [6.45, 7) is 1.92. The van der Waals surface area contributed by atoms with Crippen molar-refractivity contribution in [1.29, 1.82) is 0 Å². The molecule has 0 fully saturated rings. The van der Waals surface area contributed by atoms with E-state index in [9.17, 15) is 18.0 Å². The third-order valence-corrected chi connectivity index (χ3v) is 6.33. The molecule has 1 aromatic carbocycles. The number of aromatic nitrogens is 2. The number of carbonyl (C=O) groups is 1. The molecule has 0 aliphatic heterocycles. The van der Waals surface area contributed by atoms with Crippen LogP contribution in [0.2, 0.25) is 0 Å². The lowest BCUT2D eigenvalue weighted by atomic mass is 9.99. The molecule has 0 saturated carbocycles. The predicted octanol–water partition coefficient (Wildman–Crippen LogP) is 4.54. The normalized spacial score (nSPS) is 12.8. The van der Waals surface area contributed by atoms with Gasteiger partial charge in [-0.1, -0.05) is 18.2 Å². The molecule has 0 bridgehead atoms. The average Bonchev–Trinajstić information content (AvgIpc) is 3.22. The number of nitrogens with one attached hydrogen (secondary N) is 1. The Morgan fingerprint density at radius 3 is 2.67 bits per heavy atom. The summed E-state index contributed by atoms with van der Waals surface area (Å²) in [5.74, 6) is -0.368. The first-order valence-corrected chi connectivity index (χ1v) is 10.7. The SMILES string of the molecule is Cc1sc(C(=O)NC(CN)Cc2ccccc2C(F)(F)F)cc1-c1c(Br)cnn1C. The standard InChI is InChI=1S/C20H20BrF3N4OS/c1-11-14(18-16(21)10-26-28(18)2)8-17(30-11)19(29)27-13(9-25)7-12-5-3-4-6-15(12)20(22,23)24/h3-6,8,10,13H,7,9,25H2,1-2H3,(H,27,29). The second kappa shape index (κ2) is 8.91. The van der Waals surface area contributed by atoms with Crippen LogP contribution in [0.5, 0.6) is 0 Å². The van der Waals surface area contributed by atoms with Crippen molar-refractivity contribution < 1.29 is 18.0 Å². The van der Waals surface area contributed by atoms with Gasteiger partial charge in [0, 0.05) is 30.1 Å². The van der Waals surface area contributed by atoms with Crippen LogP contribution in [0.15, 0.2) is 41.0 Å². The van der Waals surface area contributed by atoms with Crippen LogP contribution in [-0.2, 0) is 19.6 Å². The van der Waals surface area contributed by atoms with Crippen LogP contribution in [0, 0.1) is 6.92 Å². The number of halogens is 4. The highest BCUT2D eigenvalue weighted by atomic mass is 79.9. The van der Waals surface area contributed by atoms with Gasteiger partial charge in [0.05, 0.1) is 26.8 Å². The molecule has 0 aliphatic rings. The molecule has 0 radical (unpaired) electrons. The molecule has 160 valence electrons. The molecule has 0 spiro atoms. The molecule has 0 aliphatic carbocycles. The van der Waals surface area contributed by atoms with Gasteiger partial charge < -0.3 is 11.1 Å². The Bertz CT molecular complexity index is 1040. The molecule has 1 atom stereocenters. The average molecular weight is 501 g/mol. The summed E-state index contributed by atoms with van der Waals surface area (Å²) in [6, 6.07) is 6.45. The summed E-state index contributed by atoms with van der Waals surface area (Å²) < 4.78 is 42.3. The molecule has 1 unspecified atom stereocenters. The van der Waals surface area contributed by atoms with E-state index in [0.717, 1.165) is 26.7 Å². The maximum atomic E-state index is 13.2. The van der Waals surface area contributed by atoms with Crippen molar-refractivity contribution >= 4 is 33.2 Å². The summed E-state index contributed by atoms with van der Waals surface area (Å²) >= 11 is 4.77. The molecular weight excluding hydrogens is 481 g/mol. The van der Waals surface area contributed by atoms with Crippen LogP contribution in [-0.4, -0.2) is 28.3 Å². The maximum Gasteiger partial charge on any atom is 0.416 e. The van der Waals surface area contributed by atoms with E-state index in [4.69, 9.17) is 5.73 Å². The van der Waals surface area contributed by atoms with Crippen LogP contribution in [0.3, 0.4) is 0 Å². The van der Waals surface area contributed by atoms with Gasteiger partial charge >= 0.3 is 6.18 Å². The lowest BCUT2D eigenvalue weighted by Gasteiger charge is -2.19. The molecule has 10 heteroatoms. The van der Waals surface area contributed by atoms with E-state index in [1.54, 1.807) is 30.1 Å². The van der Waals surface area contributed by atoms with Crippen molar-refractivity contribution in [3.05, 3.63) is 61.9 Å². The topological polar surface area (TPSA) is 72.9 Å². The lowest BCUT2D eigenvalue weighted by molar-refractivity contribution is -0.138. The molecule has 3 N–H and O–H groups in total. The summed E-state index contributed by atoms with van der Waals surface area (Å²) in [6.07, 6.45) is -2.80. The van der Waals surface area contributed by atoms with E-state index >= 15 is 0 Å². The van der Waals surface area contributed by atoms with Crippen molar-refractivity contribution in [2.75, 3.05) is 6.54 Å². The number of amides is 1. The third-order valence-electron chi connectivity index (χ3n) is 4.70. The fourth-order valence-electron chi connectivity index (χ4n) is 3.23. The first-order chi connectivity index (χ1) is 14.1. The summed E-state index contributed by atoms with van der Waals surface area (Å²) in [5, 5.41) is 6.96. The number of nitrogens with zero attached hydrogens (tertiary/aromatic N) is 2. The van der Waals surface area contributed by atoms with Gasteiger partial charge in [0.15, 0.2) is 0 Å². The second-order valence-electron chi connectivity index (χ2n) is 6.81. The number of nitrogens with two attached hydrogens (primary N) is 1. The zero-order valence-electron chi connectivity index (χ0n) is 16.3. The number of hydrogen-bond donors (Lipinski definition) is 2. The van der Waals surface area contributed by atoms with Gasteiger partial charge in [-0.3, -0.25) is 9.48 Å². The molecular formula is C20H20BrF3N4OS. The molecule has 3 aromatic rings. The van der Waals surface area contributed by atoms with E-state index in [-0.39, 0.29) is 24.4 Å². The smallest absolute Gasteiger partial charge is 0.347 e. The quantitative estimate of drug-likeness (QED) is 0.521. The fraction of sp³-hybridized carbons (Fsp3) is 0.300. The summed E-state index contributed by atoms with van der Waals surface area (Å²) in [4.78, 5) is 14.2. The number of alkyl halides is 3. The third kappa shape index (κ3) is 4.76. The van der Waals surface area contributed by atoms with Crippen molar-refractivity contribution in [3.8, 4) is 11.3 Å². The van der Waals surface area contributed by atoms with Gasteiger partial charge in [-0.25, -0.2) is 0 Å². The van der Waals surface area contributed by atoms with Crippen LogP contribution in [0.4, 0.5) is 13.2 Å². The second-order valence-corrected chi connectivity index (χ2v) is 8.92. The molecule has 3 rings (SSSR count). The lowest BCUT2D eigenvalue weighted by Crippen LogP contribution is -2.41. The zero-order valence-corrected chi connectivity index (χ0v) is 18.7. The Hall–Kier alpha value is -2.17. The number of hydrogen-bond acceptors (Lipinski definition) is 4. The predicted molar refractivity (Wildman–Crippen MR) is 114 cm³/mol. The van der Waals surface area contributed by atoms with Gasteiger partial charge in [-0.2, -0.15) is 18.3 Å². The van der Waals surface area contributed by atoms with Crippen LogP contribution >= 0.6 is 27.3 Å². The van der Waals surface area contributed by atoms with Gasteiger partial charge in [-0.05, 0) is 47.0 Å². The Morgan fingerprint density at radius 2 is 2.07 bits per heavy atom. The molecule has 30 heavy (non-hydrogen) atoms. The minimum atomic E-state index is -4.46. The highest BCUT2D eigenvalue weighted by Gasteiger charge is 2.33. The minimum absolute atomic E-state index is 0.0115. The van der Waals surface area contributed by atoms with Crippen molar-refractivity contribution in [3.63, 3.8) is 0 Å². The van der Waals surface area contributed by atoms with E-state index in [1.807, 2.05) is 6.92 Å². The Labute approximate surface area is 184 Å². The van der Waals surface area contributed by atoms with Crippen LogP contribution < -0.4 is 11.1 Å². The first-order valence-electron chi connectivity index (χ1n) is 9.06. The van der Waals surface area contributed by atoms with Gasteiger partial charge in [-0.15, -0.1) is 11.3 Å². The highest BCUT2D eigenvalue weighted by molar-refractivity contribution is 9.10. The summed E-state index contributed by atoms with van der Waals surface area (Å²) in [5.41, 5.74) is 6.84. The Balaban J connectivity index is 1.80. The number of thiophene rings is 1. The molecule has 2 heterocycles. The molecule has 1 amide bonds. The van der Waals surface area contributed by atoms with E-state index in [2.05, 4.69) is 26.3 Å². The van der Waals surface area contributed by atoms with E-state index < -0.39 is 17.8 Å². The van der Waals surface area contributed by atoms with E-state index in [0.29, 0.717) is 4.88 Å². The van der Waals surface area contributed by atoms with Gasteiger partial charge in [0.1, 0.15) is 0 Å². The molecule has 5 nitrogen and oxygen atoms in total. The largest absolute Gasteiger partial charge is 0.416 e. The number of rotatable bonds is 6. The molecule has 2 aromatic heterocycles. The van der Waals surface area contributed by atoms with Crippen molar-refractivity contribution in [2.45, 2.75) is 25.6 Å². The van der Waals surface area contributed by atoms with Gasteiger partial charge in [0.2, 0.25) is 0 Å². The molecule has 0 saturated heterocycles. The maximum absolute atomic E-state index is 13.2. The highest BCUT2D eigenvalue weighted by Crippen LogP contribution is 2.35. The van der Waals surface area contributed by atoms with Crippen molar-refractivity contribution in [1.82, 2.24) is 15.1 Å². The summed E-state index contributed by atoms with van der Waals surface area (Å²) in [7, 11) is 1.81. The van der Waals surface area contributed by atoms with Gasteiger partial charge in [0.25, 0.3) is 5.91 Å². The number of aryl methyl sites for hydroxylation is 2. The monoisotopic (exact) mass is 500 g/mol. The minimum Gasteiger partial charge on any atom is -0.347 e. The van der Waals surface area contributed by atoms with Crippen LogP contribution in [0.1, 0.15) is 25.7 Å². The zero-order chi connectivity index (χ0) is 22.1. The van der Waals surface area contributed by atoms with Crippen LogP contribution in [0.25, 0.3) is 11.3 Å². The Morgan fingerprint density at radius 1 is 1.37 bits per heavy atom. The Kier molecular flexibility index (Phi) is 6.68. The fourth-order valence-corrected chi connectivity index (χ4v) is 4.72. The van der Waals surface area contributed by atoms with Crippen molar-refractivity contribution in [2.24, 2.45) is 12.8 Å². The number of carbonyl (C=O) groups excluding carboxylic acids is 1. The first kappa shape index (κ1) is 22.5.